The number of amides is 1. The highest BCUT2D eigenvalue weighted by Gasteiger charge is 2.16. The molecule has 0 fully saturated rings. The lowest BCUT2D eigenvalue weighted by molar-refractivity contribution is -0.127. The van der Waals surface area contributed by atoms with Crippen molar-refractivity contribution in [3.8, 4) is 5.69 Å². The number of thioether (sulfide) groups is 1. The number of tetrazole rings is 1. The summed E-state index contributed by atoms with van der Waals surface area (Å²) in [4.78, 5) is 14.2. The number of rotatable bonds is 6. The molecule has 0 spiro atoms. The maximum absolute atomic E-state index is 12.5. The molecular formula is C19H20ClN5OS. The van der Waals surface area contributed by atoms with E-state index in [2.05, 4.69) is 15.5 Å². The number of para-hydroxylation sites is 1. The van der Waals surface area contributed by atoms with E-state index in [-0.39, 0.29) is 11.7 Å². The minimum atomic E-state index is -0.00367. The van der Waals surface area contributed by atoms with Gasteiger partial charge in [-0.3, -0.25) is 4.79 Å². The number of benzene rings is 2. The Morgan fingerprint density at radius 2 is 1.89 bits per heavy atom. The van der Waals surface area contributed by atoms with E-state index in [1.807, 2.05) is 56.3 Å². The summed E-state index contributed by atoms with van der Waals surface area (Å²) < 4.78 is 1.69. The molecule has 2 aromatic carbocycles. The number of carbonyl (C=O) groups excluding carboxylic acids is 1. The molecule has 3 rings (SSSR count). The van der Waals surface area contributed by atoms with Crippen molar-refractivity contribution >= 4 is 29.3 Å². The maximum atomic E-state index is 12.5. The topological polar surface area (TPSA) is 63.9 Å². The Hall–Kier alpha value is -2.38. The number of halogens is 1. The SMILES string of the molecule is Cc1cccc(C)c1-n1nnnc1SCC(=O)N(C)Cc1cccc(Cl)c1. The van der Waals surface area contributed by atoms with Crippen LogP contribution in [-0.2, 0) is 11.3 Å². The van der Waals surface area contributed by atoms with Crippen LogP contribution >= 0.6 is 23.4 Å². The number of carbonyl (C=O) groups is 1. The second-order valence-electron chi connectivity index (χ2n) is 6.28. The zero-order valence-corrected chi connectivity index (χ0v) is 17.0. The average Bonchev–Trinajstić information content (AvgIpc) is 3.07. The number of nitrogens with zero attached hydrogens (tertiary/aromatic N) is 5. The molecule has 8 heteroatoms. The summed E-state index contributed by atoms with van der Waals surface area (Å²) in [6.45, 7) is 4.53. The Morgan fingerprint density at radius 3 is 2.59 bits per heavy atom. The molecule has 0 atom stereocenters. The van der Waals surface area contributed by atoms with Gasteiger partial charge in [0.15, 0.2) is 0 Å². The van der Waals surface area contributed by atoms with Crippen LogP contribution < -0.4 is 0 Å². The molecule has 0 aliphatic rings. The van der Waals surface area contributed by atoms with Gasteiger partial charge in [0.25, 0.3) is 0 Å². The Balaban J connectivity index is 1.67. The average molecular weight is 402 g/mol. The summed E-state index contributed by atoms with van der Waals surface area (Å²) in [6.07, 6.45) is 0. The summed E-state index contributed by atoms with van der Waals surface area (Å²) in [5.74, 6) is 0.249. The highest BCUT2D eigenvalue weighted by molar-refractivity contribution is 7.99. The predicted octanol–water partition coefficient (Wildman–Crippen LogP) is 3.68. The number of aromatic nitrogens is 4. The van der Waals surface area contributed by atoms with Crippen LogP contribution in [-0.4, -0.2) is 43.8 Å². The monoisotopic (exact) mass is 401 g/mol. The molecular weight excluding hydrogens is 382 g/mol. The minimum Gasteiger partial charge on any atom is -0.341 e. The van der Waals surface area contributed by atoms with Crippen molar-refractivity contribution in [2.24, 2.45) is 0 Å². The fraction of sp³-hybridized carbons (Fsp3) is 0.263. The zero-order chi connectivity index (χ0) is 19.4. The third-order valence-electron chi connectivity index (χ3n) is 4.15. The van der Waals surface area contributed by atoms with Gasteiger partial charge >= 0.3 is 0 Å². The van der Waals surface area contributed by atoms with Gasteiger partial charge in [0.1, 0.15) is 0 Å². The van der Waals surface area contributed by atoms with Crippen LogP contribution in [0.5, 0.6) is 0 Å². The van der Waals surface area contributed by atoms with Crippen molar-refractivity contribution in [3.05, 3.63) is 64.2 Å². The standard InChI is InChI=1S/C19H20ClN5OS/c1-13-6-4-7-14(2)18(13)25-19(21-22-23-25)27-12-17(26)24(3)11-15-8-5-9-16(20)10-15/h4-10H,11-12H2,1-3H3. The molecule has 3 aromatic rings. The van der Waals surface area contributed by atoms with Gasteiger partial charge < -0.3 is 4.90 Å². The van der Waals surface area contributed by atoms with Gasteiger partial charge in [0, 0.05) is 18.6 Å². The molecule has 1 amide bonds. The van der Waals surface area contributed by atoms with Crippen LogP contribution in [0.1, 0.15) is 16.7 Å². The van der Waals surface area contributed by atoms with E-state index in [1.54, 1.807) is 16.6 Å². The van der Waals surface area contributed by atoms with Crippen LogP contribution in [0.15, 0.2) is 47.6 Å². The second-order valence-corrected chi connectivity index (χ2v) is 7.66. The van der Waals surface area contributed by atoms with Crippen molar-refractivity contribution in [1.29, 1.82) is 0 Å². The van der Waals surface area contributed by atoms with Gasteiger partial charge in [0.05, 0.1) is 11.4 Å². The molecule has 140 valence electrons. The number of aryl methyl sites for hydroxylation is 2. The molecule has 0 unspecified atom stereocenters. The van der Waals surface area contributed by atoms with Crippen molar-refractivity contribution in [2.45, 2.75) is 25.5 Å². The van der Waals surface area contributed by atoms with Crippen molar-refractivity contribution in [2.75, 3.05) is 12.8 Å². The Kier molecular flexibility index (Phi) is 6.13. The van der Waals surface area contributed by atoms with Gasteiger partial charge in [-0.05, 0) is 53.1 Å². The molecule has 0 N–H and O–H groups in total. The molecule has 1 aromatic heterocycles. The molecule has 0 bridgehead atoms. The molecule has 27 heavy (non-hydrogen) atoms. The summed E-state index contributed by atoms with van der Waals surface area (Å²) in [6, 6.07) is 13.5. The summed E-state index contributed by atoms with van der Waals surface area (Å²) in [5.41, 5.74) is 4.09. The predicted molar refractivity (Wildman–Crippen MR) is 107 cm³/mol. The van der Waals surface area contributed by atoms with Gasteiger partial charge in [0.2, 0.25) is 11.1 Å². The van der Waals surface area contributed by atoms with E-state index in [1.165, 1.54) is 11.8 Å². The van der Waals surface area contributed by atoms with Gasteiger partial charge in [-0.25, -0.2) is 0 Å². The molecule has 0 saturated heterocycles. The zero-order valence-electron chi connectivity index (χ0n) is 15.4. The molecule has 1 heterocycles. The highest BCUT2D eigenvalue weighted by Crippen LogP contribution is 2.23. The van der Waals surface area contributed by atoms with Crippen molar-refractivity contribution in [1.82, 2.24) is 25.1 Å². The second kappa shape index (κ2) is 8.54. The maximum Gasteiger partial charge on any atom is 0.233 e. The van der Waals surface area contributed by atoms with E-state index in [0.29, 0.717) is 16.7 Å². The normalized spacial score (nSPS) is 10.8. The molecule has 0 saturated carbocycles. The van der Waals surface area contributed by atoms with Crippen molar-refractivity contribution < 1.29 is 4.79 Å². The lowest BCUT2D eigenvalue weighted by atomic mass is 10.1. The fourth-order valence-corrected chi connectivity index (χ4v) is 3.81. The van der Waals surface area contributed by atoms with E-state index in [4.69, 9.17) is 11.6 Å². The Morgan fingerprint density at radius 1 is 1.19 bits per heavy atom. The third-order valence-corrected chi connectivity index (χ3v) is 5.29. The summed E-state index contributed by atoms with van der Waals surface area (Å²) >= 11 is 7.33. The molecule has 0 aliphatic heterocycles. The van der Waals surface area contributed by atoms with E-state index >= 15 is 0 Å². The number of hydrogen-bond donors (Lipinski definition) is 0. The first-order valence-electron chi connectivity index (χ1n) is 8.42. The van der Waals surface area contributed by atoms with Crippen molar-refractivity contribution in [3.63, 3.8) is 0 Å². The minimum absolute atomic E-state index is 0.00367. The summed E-state index contributed by atoms with van der Waals surface area (Å²) in [5, 5.41) is 13.2. The summed E-state index contributed by atoms with van der Waals surface area (Å²) in [7, 11) is 1.78. The van der Waals surface area contributed by atoms with Crippen LogP contribution in [0.2, 0.25) is 5.02 Å². The lowest BCUT2D eigenvalue weighted by Gasteiger charge is -2.17. The van der Waals surface area contributed by atoms with E-state index < -0.39 is 0 Å². The van der Waals surface area contributed by atoms with Gasteiger partial charge in [-0.2, -0.15) is 4.68 Å². The Labute approximate surface area is 167 Å². The van der Waals surface area contributed by atoms with E-state index in [9.17, 15) is 4.79 Å². The third kappa shape index (κ3) is 4.67. The smallest absolute Gasteiger partial charge is 0.233 e. The van der Waals surface area contributed by atoms with Crippen LogP contribution in [0.25, 0.3) is 5.69 Å². The quantitative estimate of drug-likeness (QED) is 0.589. The first kappa shape index (κ1) is 19.4. The largest absolute Gasteiger partial charge is 0.341 e. The number of hydrogen-bond acceptors (Lipinski definition) is 5. The fourth-order valence-electron chi connectivity index (χ4n) is 2.78. The van der Waals surface area contributed by atoms with Gasteiger partial charge in [-0.15, -0.1) is 5.10 Å². The molecule has 0 aliphatic carbocycles. The lowest BCUT2D eigenvalue weighted by Crippen LogP contribution is -2.27. The van der Waals surface area contributed by atoms with Crippen LogP contribution in [0.4, 0.5) is 0 Å². The highest BCUT2D eigenvalue weighted by atomic mass is 35.5. The molecule has 0 radical (unpaired) electrons. The Bertz CT molecular complexity index is 939. The molecule has 6 nitrogen and oxygen atoms in total. The van der Waals surface area contributed by atoms with E-state index in [0.717, 1.165) is 22.4 Å². The van der Waals surface area contributed by atoms with Crippen LogP contribution in [0, 0.1) is 13.8 Å². The first-order chi connectivity index (χ1) is 13.0. The van der Waals surface area contributed by atoms with Crippen LogP contribution in [0.3, 0.4) is 0 Å². The van der Waals surface area contributed by atoms with Gasteiger partial charge in [-0.1, -0.05) is 53.7 Å². The first-order valence-corrected chi connectivity index (χ1v) is 9.78.